The molecular weight excluding hydrogens is 272 g/mol. The first-order valence-electron chi connectivity index (χ1n) is 6.46. The molecule has 2 heterocycles. The zero-order valence-corrected chi connectivity index (χ0v) is 12.2. The Kier molecular flexibility index (Phi) is 3.71. The molecule has 3 aromatic rings. The van der Waals surface area contributed by atoms with Gasteiger partial charge in [0.2, 0.25) is 0 Å². The Hall–Kier alpha value is -1.85. The highest BCUT2D eigenvalue weighted by molar-refractivity contribution is 7.09. The van der Waals surface area contributed by atoms with Crippen molar-refractivity contribution in [2.45, 2.75) is 19.5 Å². The summed E-state index contributed by atoms with van der Waals surface area (Å²) in [5, 5.41) is 7.53. The average molecular weight is 288 g/mol. The molecule has 0 saturated carbocycles. The average Bonchev–Trinajstić information content (AvgIpc) is 3.12. The molecular formula is C15H16N2O2S. The Morgan fingerprint density at radius 1 is 1.45 bits per heavy atom. The number of benzene rings is 1. The van der Waals surface area contributed by atoms with Gasteiger partial charge in [-0.05, 0) is 19.1 Å². The molecule has 0 amide bonds. The van der Waals surface area contributed by atoms with Crippen molar-refractivity contribution >= 4 is 22.3 Å². The molecule has 0 saturated heterocycles. The van der Waals surface area contributed by atoms with Gasteiger partial charge in [-0.1, -0.05) is 12.1 Å². The fourth-order valence-electron chi connectivity index (χ4n) is 2.11. The van der Waals surface area contributed by atoms with Gasteiger partial charge in [0.1, 0.15) is 10.8 Å². The van der Waals surface area contributed by atoms with Crippen molar-refractivity contribution in [1.82, 2.24) is 10.3 Å². The molecule has 0 aliphatic carbocycles. The minimum absolute atomic E-state index is 0.121. The lowest BCUT2D eigenvalue weighted by Gasteiger charge is -2.09. The number of nitrogens with zero attached hydrogens (tertiary/aromatic N) is 1. The number of thiazole rings is 1. The monoisotopic (exact) mass is 288 g/mol. The lowest BCUT2D eigenvalue weighted by atomic mass is 10.2. The van der Waals surface area contributed by atoms with Crippen molar-refractivity contribution < 1.29 is 9.15 Å². The van der Waals surface area contributed by atoms with Crippen LogP contribution in [0.1, 0.15) is 23.7 Å². The predicted octanol–water partition coefficient (Wildman–Crippen LogP) is 3.75. The molecule has 0 radical (unpaired) electrons. The highest BCUT2D eigenvalue weighted by Crippen LogP contribution is 2.30. The molecule has 20 heavy (non-hydrogen) atoms. The smallest absolute Gasteiger partial charge is 0.176 e. The van der Waals surface area contributed by atoms with Crippen molar-refractivity contribution in [3.05, 3.63) is 46.6 Å². The Bertz CT molecular complexity index is 691. The molecule has 0 aliphatic rings. The highest BCUT2D eigenvalue weighted by Gasteiger charge is 2.13. The first kappa shape index (κ1) is 13.1. The van der Waals surface area contributed by atoms with E-state index in [1.54, 1.807) is 18.4 Å². The summed E-state index contributed by atoms with van der Waals surface area (Å²) in [5.41, 5.74) is 0.799. The zero-order chi connectivity index (χ0) is 13.9. The van der Waals surface area contributed by atoms with Gasteiger partial charge < -0.3 is 14.5 Å². The van der Waals surface area contributed by atoms with Crippen LogP contribution in [0.4, 0.5) is 0 Å². The van der Waals surface area contributed by atoms with Gasteiger partial charge in [0.15, 0.2) is 11.3 Å². The second kappa shape index (κ2) is 5.64. The van der Waals surface area contributed by atoms with Crippen LogP contribution in [0.3, 0.4) is 0 Å². The lowest BCUT2D eigenvalue weighted by molar-refractivity contribution is 0.399. The number of methoxy groups -OCH3 is 1. The highest BCUT2D eigenvalue weighted by atomic mass is 32.1. The van der Waals surface area contributed by atoms with Crippen LogP contribution in [0.15, 0.2) is 40.3 Å². The Labute approximate surface area is 121 Å². The number of nitrogens with one attached hydrogen (secondary N) is 1. The molecule has 1 unspecified atom stereocenters. The van der Waals surface area contributed by atoms with Crippen LogP contribution in [-0.2, 0) is 6.54 Å². The Balaban J connectivity index is 1.79. The maximum absolute atomic E-state index is 5.92. The van der Waals surface area contributed by atoms with Crippen molar-refractivity contribution in [1.29, 1.82) is 0 Å². The molecule has 0 fully saturated rings. The lowest BCUT2D eigenvalue weighted by Crippen LogP contribution is -2.17. The summed E-state index contributed by atoms with van der Waals surface area (Å²) >= 11 is 1.65. The first-order valence-corrected chi connectivity index (χ1v) is 7.34. The van der Waals surface area contributed by atoms with E-state index in [-0.39, 0.29) is 6.04 Å². The van der Waals surface area contributed by atoms with Crippen LogP contribution in [-0.4, -0.2) is 12.1 Å². The van der Waals surface area contributed by atoms with Gasteiger partial charge in [0, 0.05) is 23.5 Å². The minimum Gasteiger partial charge on any atom is -0.493 e. The van der Waals surface area contributed by atoms with E-state index >= 15 is 0 Å². The van der Waals surface area contributed by atoms with Crippen LogP contribution in [0, 0.1) is 0 Å². The van der Waals surface area contributed by atoms with Crippen molar-refractivity contribution in [3.8, 4) is 5.75 Å². The predicted molar refractivity (Wildman–Crippen MR) is 80.1 cm³/mol. The molecule has 1 atom stereocenters. The van der Waals surface area contributed by atoms with E-state index in [2.05, 4.69) is 23.3 Å². The van der Waals surface area contributed by atoms with Gasteiger partial charge in [-0.3, -0.25) is 0 Å². The third-order valence-corrected chi connectivity index (χ3v) is 4.00. The van der Waals surface area contributed by atoms with E-state index in [1.165, 1.54) is 0 Å². The van der Waals surface area contributed by atoms with Crippen LogP contribution in [0.25, 0.3) is 11.0 Å². The van der Waals surface area contributed by atoms with Crippen LogP contribution >= 0.6 is 11.3 Å². The number of para-hydroxylation sites is 1. The quantitative estimate of drug-likeness (QED) is 0.776. The molecule has 5 heteroatoms. The molecule has 1 aromatic carbocycles. The third kappa shape index (κ3) is 2.55. The zero-order valence-electron chi connectivity index (χ0n) is 11.4. The molecule has 104 valence electrons. The fourth-order valence-corrected chi connectivity index (χ4v) is 2.68. The van der Waals surface area contributed by atoms with Crippen molar-refractivity contribution in [3.63, 3.8) is 0 Å². The van der Waals surface area contributed by atoms with Gasteiger partial charge in [-0.15, -0.1) is 11.3 Å². The number of rotatable bonds is 5. The molecule has 2 aromatic heterocycles. The maximum Gasteiger partial charge on any atom is 0.176 e. The molecule has 0 bridgehead atoms. The van der Waals surface area contributed by atoms with Crippen LogP contribution in [0.2, 0.25) is 0 Å². The number of aromatic nitrogens is 1. The van der Waals surface area contributed by atoms with E-state index in [4.69, 9.17) is 9.15 Å². The summed E-state index contributed by atoms with van der Waals surface area (Å²) in [6.07, 6.45) is 1.82. The third-order valence-electron chi connectivity index (χ3n) is 3.22. The summed E-state index contributed by atoms with van der Waals surface area (Å²) in [4.78, 5) is 4.26. The number of hydrogen-bond donors (Lipinski definition) is 1. The fraction of sp³-hybridized carbons (Fsp3) is 0.267. The van der Waals surface area contributed by atoms with E-state index in [0.29, 0.717) is 0 Å². The van der Waals surface area contributed by atoms with E-state index in [9.17, 15) is 0 Å². The minimum atomic E-state index is 0.121. The molecule has 4 nitrogen and oxygen atoms in total. The molecule has 3 rings (SSSR count). The van der Waals surface area contributed by atoms with E-state index in [1.807, 2.05) is 29.8 Å². The van der Waals surface area contributed by atoms with Gasteiger partial charge in [0.05, 0.1) is 13.2 Å². The van der Waals surface area contributed by atoms with Gasteiger partial charge in [-0.25, -0.2) is 4.98 Å². The number of fused-ring (bicyclic) bond motifs is 1. The first-order chi connectivity index (χ1) is 9.78. The van der Waals surface area contributed by atoms with Gasteiger partial charge in [0.25, 0.3) is 0 Å². The summed E-state index contributed by atoms with van der Waals surface area (Å²) in [6.45, 7) is 2.82. The number of hydrogen-bond acceptors (Lipinski definition) is 5. The van der Waals surface area contributed by atoms with Crippen molar-refractivity contribution in [2.75, 3.05) is 7.11 Å². The van der Waals surface area contributed by atoms with E-state index < -0.39 is 0 Å². The second-order valence-electron chi connectivity index (χ2n) is 4.56. The normalized spacial score (nSPS) is 12.7. The van der Waals surface area contributed by atoms with Gasteiger partial charge in [-0.2, -0.15) is 0 Å². The summed E-state index contributed by atoms with van der Waals surface area (Å²) in [6, 6.07) is 8.07. The standard InChI is InChI=1S/C15H16N2O2S/c1-10(17-9-14-16-6-7-20-14)13-8-11-4-3-5-12(18-2)15(11)19-13/h3-8,10,17H,9H2,1-2H3. The largest absolute Gasteiger partial charge is 0.493 e. The summed E-state index contributed by atoms with van der Waals surface area (Å²) < 4.78 is 11.2. The van der Waals surface area contributed by atoms with Crippen LogP contribution < -0.4 is 10.1 Å². The SMILES string of the molecule is COc1cccc2cc(C(C)NCc3nccs3)oc12. The molecule has 0 spiro atoms. The van der Waals surface area contributed by atoms with Crippen LogP contribution in [0.5, 0.6) is 5.75 Å². The second-order valence-corrected chi connectivity index (χ2v) is 5.53. The number of furan rings is 1. The van der Waals surface area contributed by atoms with Gasteiger partial charge >= 0.3 is 0 Å². The van der Waals surface area contributed by atoms with E-state index in [0.717, 1.165) is 34.0 Å². The van der Waals surface area contributed by atoms with Crippen molar-refractivity contribution in [2.24, 2.45) is 0 Å². The summed E-state index contributed by atoms with van der Waals surface area (Å²) in [5.74, 6) is 1.67. The molecule has 1 N–H and O–H groups in total. The summed E-state index contributed by atoms with van der Waals surface area (Å²) in [7, 11) is 1.65. The Morgan fingerprint density at radius 3 is 3.10 bits per heavy atom. The number of ether oxygens (including phenoxy) is 1. The Morgan fingerprint density at radius 2 is 2.35 bits per heavy atom. The maximum atomic E-state index is 5.92. The molecule has 0 aliphatic heterocycles. The topological polar surface area (TPSA) is 47.3 Å².